The lowest BCUT2D eigenvalue weighted by Gasteiger charge is -2.18. The number of rotatable bonds is 2. The zero-order chi connectivity index (χ0) is 18.5. The Kier molecular flexibility index (Phi) is 3.34. The number of carboxylic acids is 1. The fourth-order valence-corrected chi connectivity index (χ4v) is 4.05. The second-order valence-electron chi connectivity index (χ2n) is 6.94. The SMILES string of the molecule is O=C(O)c1cc2c(cc1O)-c1[nH]c3ccc(-c4ccccc4)cc3c1CC2. The molecule has 0 amide bonds. The Bertz CT molecular complexity index is 1210. The molecule has 1 heterocycles. The highest BCUT2D eigenvalue weighted by molar-refractivity contribution is 5.97. The molecule has 0 atom stereocenters. The van der Waals surface area contributed by atoms with Gasteiger partial charge in [-0.05, 0) is 59.4 Å². The van der Waals surface area contributed by atoms with Crippen LogP contribution in [0, 0.1) is 0 Å². The van der Waals surface area contributed by atoms with Crippen molar-refractivity contribution in [1.82, 2.24) is 4.98 Å². The van der Waals surface area contributed by atoms with E-state index in [0.717, 1.165) is 35.2 Å². The second-order valence-corrected chi connectivity index (χ2v) is 6.94. The molecule has 3 N–H and O–H groups in total. The van der Waals surface area contributed by atoms with Crippen LogP contribution in [0.15, 0.2) is 60.7 Å². The highest BCUT2D eigenvalue weighted by Gasteiger charge is 2.24. The van der Waals surface area contributed by atoms with E-state index in [2.05, 4.69) is 35.3 Å². The first-order valence-electron chi connectivity index (χ1n) is 8.91. The third-order valence-corrected chi connectivity index (χ3v) is 5.38. The van der Waals surface area contributed by atoms with Gasteiger partial charge in [0.25, 0.3) is 0 Å². The Morgan fingerprint density at radius 1 is 0.926 bits per heavy atom. The quantitative estimate of drug-likeness (QED) is 0.473. The van der Waals surface area contributed by atoms with Crippen molar-refractivity contribution in [2.75, 3.05) is 0 Å². The molecule has 0 aliphatic heterocycles. The van der Waals surface area contributed by atoms with Crippen LogP contribution >= 0.6 is 0 Å². The molecule has 132 valence electrons. The summed E-state index contributed by atoms with van der Waals surface area (Å²) in [6, 6.07) is 19.8. The summed E-state index contributed by atoms with van der Waals surface area (Å²) < 4.78 is 0. The number of H-pyrrole nitrogens is 1. The molecule has 4 aromatic rings. The summed E-state index contributed by atoms with van der Waals surface area (Å²) in [6.07, 6.45) is 1.59. The summed E-state index contributed by atoms with van der Waals surface area (Å²) in [5.74, 6) is -1.30. The minimum atomic E-state index is -1.11. The predicted octanol–water partition coefficient (Wildman–Crippen LogP) is 5.00. The lowest BCUT2D eigenvalue weighted by molar-refractivity contribution is 0.0693. The smallest absolute Gasteiger partial charge is 0.339 e. The number of fused-ring (bicyclic) bond motifs is 5. The molecule has 27 heavy (non-hydrogen) atoms. The first-order chi connectivity index (χ1) is 13.1. The van der Waals surface area contributed by atoms with Crippen LogP contribution in [-0.4, -0.2) is 21.2 Å². The summed E-state index contributed by atoms with van der Waals surface area (Å²) in [5, 5.41) is 20.6. The molecule has 0 spiro atoms. The van der Waals surface area contributed by atoms with Gasteiger partial charge in [-0.25, -0.2) is 4.79 Å². The number of carboxylic acid groups (broad SMARTS) is 1. The minimum absolute atomic E-state index is 0.0420. The average molecular weight is 355 g/mol. The summed E-state index contributed by atoms with van der Waals surface area (Å²) in [5.41, 5.74) is 7.38. The lowest BCUT2D eigenvalue weighted by atomic mass is 9.87. The van der Waals surface area contributed by atoms with Crippen LogP contribution in [-0.2, 0) is 12.8 Å². The Morgan fingerprint density at radius 2 is 1.74 bits per heavy atom. The summed E-state index contributed by atoms with van der Waals surface area (Å²) in [4.78, 5) is 14.8. The summed E-state index contributed by atoms with van der Waals surface area (Å²) >= 11 is 0. The molecular formula is C23H17NO3. The molecule has 0 bridgehead atoms. The molecule has 3 aromatic carbocycles. The van der Waals surface area contributed by atoms with E-state index in [9.17, 15) is 15.0 Å². The van der Waals surface area contributed by atoms with Gasteiger partial charge in [-0.3, -0.25) is 0 Å². The number of aromatic amines is 1. The van der Waals surface area contributed by atoms with Crippen LogP contribution in [0.4, 0.5) is 0 Å². The number of nitrogens with one attached hydrogen (secondary N) is 1. The average Bonchev–Trinajstić information content (AvgIpc) is 3.06. The van der Waals surface area contributed by atoms with Crippen LogP contribution in [0.5, 0.6) is 5.75 Å². The van der Waals surface area contributed by atoms with Gasteiger partial charge in [-0.15, -0.1) is 0 Å². The molecule has 0 unspecified atom stereocenters. The molecule has 0 radical (unpaired) electrons. The maximum Gasteiger partial charge on any atom is 0.339 e. The number of aryl methyl sites for hydroxylation is 2. The van der Waals surface area contributed by atoms with Crippen molar-refractivity contribution >= 4 is 16.9 Å². The van der Waals surface area contributed by atoms with Crippen molar-refractivity contribution in [3.05, 3.63) is 77.4 Å². The Morgan fingerprint density at radius 3 is 2.52 bits per heavy atom. The normalized spacial score (nSPS) is 12.6. The van der Waals surface area contributed by atoms with Crippen molar-refractivity contribution in [2.45, 2.75) is 12.8 Å². The van der Waals surface area contributed by atoms with Gasteiger partial charge in [0, 0.05) is 16.5 Å². The second kappa shape index (κ2) is 5.74. The van der Waals surface area contributed by atoms with Gasteiger partial charge in [0.1, 0.15) is 11.3 Å². The Balaban J connectivity index is 1.70. The molecule has 1 aromatic heterocycles. The molecular weight excluding hydrogens is 338 g/mol. The van der Waals surface area contributed by atoms with E-state index in [1.165, 1.54) is 22.1 Å². The number of benzene rings is 3. The van der Waals surface area contributed by atoms with Crippen LogP contribution < -0.4 is 0 Å². The standard InChI is InChI=1S/C23H17NO3/c25-21-12-17-15(11-19(21)23(26)27)6-8-16-18-10-14(13-4-2-1-3-5-13)7-9-20(18)24-22(16)17/h1-5,7,9-12,24-25H,6,8H2,(H,26,27). The summed E-state index contributed by atoms with van der Waals surface area (Å²) in [7, 11) is 0. The number of carbonyl (C=O) groups is 1. The maximum atomic E-state index is 11.3. The fraction of sp³-hybridized carbons (Fsp3) is 0.0870. The first-order valence-corrected chi connectivity index (χ1v) is 8.91. The van der Waals surface area contributed by atoms with Crippen LogP contribution in [0.25, 0.3) is 33.3 Å². The monoisotopic (exact) mass is 355 g/mol. The van der Waals surface area contributed by atoms with Gasteiger partial charge in [-0.1, -0.05) is 36.4 Å². The largest absolute Gasteiger partial charge is 0.507 e. The van der Waals surface area contributed by atoms with Gasteiger partial charge in [0.15, 0.2) is 0 Å². The zero-order valence-corrected chi connectivity index (χ0v) is 14.5. The maximum absolute atomic E-state index is 11.3. The van der Waals surface area contributed by atoms with Crippen molar-refractivity contribution in [3.63, 3.8) is 0 Å². The number of phenols is 1. The van der Waals surface area contributed by atoms with E-state index in [-0.39, 0.29) is 11.3 Å². The molecule has 1 aliphatic rings. The van der Waals surface area contributed by atoms with E-state index < -0.39 is 5.97 Å². The third kappa shape index (κ3) is 2.41. The van der Waals surface area contributed by atoms with Crippen molar-refractivity contribution in [2.24, 2.45) is 0 Å². The highest BCUT2D eigenvalue weighted by Crippen LogP contribution is 2.41. The molecule has 0 fully saturated rings. The van der Waals surface area contributed by atoms with Crippen molar-refractivity contribution in [3.8, 4) is 28.1 Å². The van der Waals surface area contributed by atoms with Gasteiger partial charge in [0.05, 0.1) is 5.69 Å². The van der Waals surface area contributed by atoms with Gasteiger partial charge in [0.2, 0.25) is 0 Å². The molecule has 1 aliphatic carbocycles. The van der Waals surface area contributed by atoms with Crippen LogP contribution in [0.2, 0.25) is 0 Å². The Hall–Kier alpha value is -3.53. The summed E-state index contributed by atoms with van der Waals surface area (Å²) in [6.45, 7) is 0. The van der Waals surface area contributed by atoms with E-state index in [1.54, 1.807) is 12.1 Å². The molecule has 4 nitrogen and oxygen atoms in total. The van der Waals surface area contributed by atoms with E-state index >= 15 is 0 Å². The number of hydrogen-bond acceptors (Lipinski definition) is 2. The van der Waals surface area contributed by atoms with Gasteiger partial charge >= 0.3 is 5.97 Å². The molecule has 4 heteroatoms. The minimum Gasteiger partial charge on any atom is -0.507 e. The molecule has 5 rings (SSSR count). The Labute approximate surface area is 155 Å². The molecule has 0 saturated heterocycles. The molecule has 0 saturated carbocycles. The topological polar surface area (TPSA) is 73.3 Å². The third-order valence-electron chi connectivity index (χ3n) is 5.38. The number of aromatic nitrogens is 1. The van der Waals surface area contributed by atoms with Crippen molar-refractivity contribution < 1.29 is 15.0 Å². The van der Waals surface area contributed by atoms with Gasteiger partial charge in [-0.2, -0.15) is 0 Å². The van der Waals surface area contributed by atoms with E-state index in [1.807, 2.05) is 18.2 Å². The highest BCUT2D eigenvalue weighted by atomic mass is 16.4. The first kappa shape index (κ1) is 15.7. The number of aromatic carboxylic acids is 1. The predicted molar refractivity (Wildman–Crippen MR) is 105 cm³/mol. The van der Waals surface area contributed by atoms with E-state index in [4.69, 9.17) is 0 Å². The van der Waals surface area contributed by atoms with Crippen LogP contribution in [0.1, 0.15) is 21.5 Å². The zero-order valence-electron chi connectivity index (χ0n) is 14.5. The fourth-order valence-electron chi connectivity index (χ4n) is 4.05. The van der Waals surface area contributed by atoms with E-state index in [0.29, 0.717) is 0 Å². The van der Waals surface area contributed by atoms with Crippen LogP contribution in [0.3, 0.4) is 0 Å². The van der Waals surface area contributed by atoms with Gasteiger partial charge < -0.3 is 15.2 Å². The number of aromatic hydroxyl groups is 1. The number of hydrogen-bond donors (Lipinski definition) is 3. The van der Waals surface area contributed by atoms with Crippen molar-refractivity contribution in [1.29, 1.82) is 0 Å². The lowest BCUT2D eigenvalue weighted by Crippen LogP contribution is -2.06.